The van der Waals surface area contributed by atoms with E-state index in [9.17, 15) is 0 Å². The number of morpholine rings is 1. The predicted octanol–water partition coefficient (Wildman–Crippen LogP) is 1.93. The van der Waals surface area contributed by atoms with Crippen LogP contribution in [0.2, 0.25) is 0 Å². The second-order valence-electron chi connectivity index (χ2n) is 5.26. The smallest absolute Gasteiger partial charge is 0.119 e. The van der Waals surface area contributed by atoms with Crippen LogP contribution in [0.5, 0.6) is 5.75 Å². The molecule has 0 aliphatic carbocycles. The Morgan fingerprint density at radius 3 is 2.58 bits per heavy atom. The van der Waals surface area contributed by atoms with Gasteiger partial charge >= 0.3 is 0 Å². The van der Waals surface area contributed by atoms with Gasteiger partial charge < -0.3 is 14.2 Å². The van der Waals surface area contributed by atoms with Crippen LogP contribution in [-0.4, -0.2) is 56.6 Å². The van der Waals surface area contributed by atoms with E-state index >= 15 is 0 Å². The summed E-state index contributed by atoms with van der Waals surface area (Å²) in [6.07, 6.45) is 0. The molecule has 1 atom stereocenters. The molecule has 1 spiro atoms. The molecule has 2 fully saturated rings. The third kappa shape index (κ3) is 2.65. The first-order valence-corrected chi connectivity index (χ1v) is 7.26. The molecule has 2 aliphatic rings. The zero-order valence-corrected chi connectivity index (χ0v) is 12.6. The Labute approximate surface area is 121 Å². The molecule has 1 aromatic rings. The van der Waals surface area contributed by atoms with E-state index in [1.54, 1.807) is 0 Å². The molecule has 2 aliphatic heterocycles. The van der Waals surface area contributed by atoms with E-state index in [4.69, 9.17) is 14.2 Å². The molecular formula is C14H18BrNO3. The van der Waals surface area contributed by atoms with Crippen molar-refractivity contribution in [1.82, 2.24) is 4.90 Å². The highest BCUT2D eigenvalue weighted by Gasteiger charge is 2.48. The lowest BCUT2D eigenvalue weighted by atomic mass is 9.93. The molecule has 0 N–H and O–H groups in total. The Morgan fingerprint density at radius 2 is 1.95 bits per heavy atom. The molecular weight excluding hydrogens is 310 g/mol. The van der Waals surface area contributed by atoms with E-state index < -0.39 is 0 Å². The van der Waals surface area contributed by atoms with Crippen LogP contribution >= 0.6 is 15.9 Å². The van der Waals surface area contributed by atoms with Gasteiger partial charge in [0, 0.05) is 4.47 Å². The van der Waals surface area contributed by atoms with Crippen molar-refractivity contribution in [3.05, 3.63) is 28.7 Å². The average Bonchev–Trinajstić information content (AvgIpc) is 2.38. The number of ether oxygens (including phenoxy) is 3. The second-order valence-corrected chi connectivity index (χ2v) is 6.18. The number of halogens is 1. The van der Waals surface area contributed by atoms with E-state index in [2.05, 4.69) is 27.9 Å². The monoisotopic (exact) mass is 327 g/mol. The van der Waals surface area contributed by atoms with Crippen molar-refractivity contribution in [1.29, 1.82) is 0 Å². The van der Waals surface area contributed by atoms with E-state index in [1.807, 2.05) is 24.3 Å². The lowest BCUT2D eigenvalue weighted by Crippen LogP contribution is -2.70. The third-order valence-corrected chi connectivity index (χ3v) is 4.50. The van der Waals surface area contributed by atoms with Crippen molar-refractivity contribution in [3.63, 3.8) is 0 Å². The fourth-order valence-electron chi connectivity index (χ4n) is 2.49. The van der Waals surface area contributed by atoms with Gasteiger partial charge in [0.1, 0.15) is 12.4 Å². The first-order valence-electron chi connectivity index (χ1n) is 6.46. The van der Waals surface area contributed by atoms with Crippen molar-refractivity contribution in [3.8, 4) is 5.75 Å². The number of likely N-dealkylation sites (N-methyl/N-ethyl adjacent to an activating group) is 1. The fraction of sp³-hybridized carbons (Fsp3) is 0.571. The van der Waals surface area contributed by atoms with Crippen LogP contribution in [0.1, 0.15) is 0 Å². The third-order valence-electron chi connectivity index (χ3n) is 3.97. The van der Waals surface area contributed by atoms with Gasteiger partial charge in [-0.3, -0.25) is 4.90 Å². The Hall–Kier alpha value is -0.620. The molecule has 0 bridgehead atoms. The van der Waals surface area contributed by atoms with Gasteiger partial charge in [0.05, 0.1) is 38.0 Å². The molecule has 0 aromatic heterocycles. The lowest BCUT2D eigenvalue weighted by Gasteiger charge is -2.53. The summed E-state index contributed by atoms with van der Waals surface area (Å²) in [5, 5.41) is 0. The van der Waals surface area contributed by atoms with Gasteiger partial charge in [0.2, 0.25) is 0 Å². The summed E-state index contributed by atoms with van der Waals surface area (Å²) in [4.78, 5) is 2.36. The highest BCUT2D eigenvalue weighted by Crippen LogP contribution is 2.30. The summed E-state index contributed by atoms with van der Waals surface area (Å²) in [6.45, 7) is 3.64. The summed E-state index contributed by atoms with van der Waals surface area (Å²) in [5.41, 5.74) is 0.0754. The topological polar surface area (TPSA) is 30.9 Å². The normalized spacial score (nSPS) is 26.1. The maximum Gasteiger partial charge on any atom is 0.119 e. The van der Waals surface area contributed by atoms with Crippen molar-refractivity contribution >= 4 is 15.9 Å². The minimum atomic E-state index is 0.0754. The number of hydrogen-bond donors (Lipinski definition) is 0. The molecule has 0 saturated carbocycles. The molecule has 2 heterocycles. The van der Waals surface area contributed by atoms with Gasteiger partial charge in [-0.05, 0) is 31.3 Å². The number of nitrogens with zero attached hydrogens (tertiary/aromatic N) is 1. The highest BCUT2D eigenvalue weighted by molar-refractivity contribution is 9.10. The van der Waals surface area contributed by atoms with Gasteiger partial charge in [0.15, 0.2) is 0 Å². The molecule has 19 heavy (non-hydrogen) atoms. The number of hydrogen-bond acceptors (Lipinski definition) is 4. The van der Waals surface area contributed by atoms with Crippen LogP contribution < -0.4 is 4.74 Å². The molecule has 1 aromatic carbocycles. The van der Waals surface area contributed by atoms with Crippen molar-refractivity contribution in [2.24, 2.45) is 0 Å². The van der Waals surface area contributed by atoms with Crippen molar-refractivity contribution in [2.75, 3.05) is 40.1 Å². The van der Waals surface area contributed by atoms with E-state index in [1.165, 1.54) is 0 Å². The van der Waals surface area contributed by atoms with Crippen LogP contribution in [0, 0.1) is 0 Å². The molecule has 5 heteroatoms. The zero-order valence-electron chi connectivity index (χ0n) is 11.0. The van der Waals surface area contributed by atoms with E-state index in [0.29, 0.717) is 6.61 Å². The first kappa shape index (κ1) is 13.4. The highest BCUT2D eigenvalue weighted by atomic mass is 79.9. The van der Waals surface area contributed by atoms with Crippen LogP contribution in [0.15, 0.2) is 28.7 Å². The average molecular weight is 328 g/mol. The van der Waals surface area contributed by atoms with Gasteiger partial charge in [-0.1, -0.05) is 15.9 Å². The number of benzene rings is 1. The van der Waals surface area contributed by atoms with Gasteiger partial charge in [-0.15, -0.1) is 0 Å². The van der Waals surface area contributed by atoms with Gasteiger partial charge in [-0.2, -0.15) is 0 Å². The Bertz CT molecular complexity index is 433. The largest absolute Gasteiger partial charge is 0.492 e. The SMILES string of the molecule is CN1C(COc2ccc(Br)cc2)COCC12COC2. The Balaban J connectivity index is 1.58. The maximum absolute atomic E-state index is 5.85. The van der Waals surface area contributed by atoms with Crippen LogP contribution in [0.25, 0.3) is 0 Å². The summed E-state index contributed by atoms with van der Waals surface area (Å²) in [5.74, 6) is 0.890. The Kier molecular flexibility index (Phi) is 3.80. The van der Waals surface area contributed by atoms with Crippen molar-refractivity contribution in [2.45, 2.75) is 11.6 Å². The van der Waals surface area contributed by atoms with Crippen LogP contribution in [-0.2, 0) is 9.47 Å². The predicted molar refractivity (Wildman–Crippen MR) is 75.6 cm³/mol. The second kappa shape index (κ2) is 5.40. The van der Waals surface area contributed by atoms with Gasteiger partial charge in [0.25, 0.3) is 0 Å². The molecule has 0 amide bonds. The van der Waals surface area contributed by atoms with Crippen LogP contribution in [0.4, 0.5) is 0 Å². The first-order chi connectivity index (χ1) is 9.20. The summed E-state index contributed by atoms with van der Waals surface area (Å²) >= 11 is 3.42. The Morgan fingerprint density at radius 1 is 1.26 bits per heavy atom. The minimum absolute atomic E-state index is 0.0754. The number of rotatable bonds is 3. The molecule has 104 valence electrons. The summed E-state index contributed by atoms with van der Waals surface area (Å²) in [7, 11) is 2.14. The lowest BCUT2D eigenvalue weighted by molar-refractivity contribution is -0.210. The molecule has 3 rings (SSSR count). The summed E-state index contributed by atoms with van der Waals surface area (Å²) < 4.78 is 18.0. The maximum atomic E-state index is 5.85. The van der Waals surface area contributed by atoms with Gasteiger partial charge in [-0.25, -0.2) is 0 Å². The quantitative estimate of drug-likeness (QED) is 0.848. The minimum Gasteiger partial charge on any atom is -0.492 e. The van der Waals surface area contributed by atoms with Crippen molar-refractivity contribution < 1.29 is 14.2 Å². The zero-order chi connectivity index (χ0) is 13.3. The summed E-state index contributed by atoms with van der Waals surface area (Å²) in [6, 6.07) is 8.18. The molecule has 0 radical (unpaired) electrons. The fourth-order valence-corrected chi connectivity index (χ4v) is 2.76. The van der Waals surface area contributed by atoms with E-state index in [0.717, 1.165) is 36.6 Å². The van der Waals surface area contributed by atoms with Crippen LogP contribution in [0.3, 0.4) is 0 Å². The molecule has 1 unspecified atom stereocenters. The van der Waals surface area contributed by atoms with E-state index in [-0.39, 0.29) is 11.6 Å². The molecule has 4 nitrogen and oxygen atoms in total. The standard InChI is InChI=1S/C14H18BrNO3/c1-16-12(6-17-8-14(16)9-18-10-14)7-19-13-4-2-11(15)3-5-13/h2-5,12H,6-10H2,1H3. The molecule has 2 saturated heterocycles.